The fourth-order valence-corrected chi connectivity index (χ4v) is 1.30. The summed E-state index contributed by atoms with van der Waals surface area (Å²) in [6, 6.07) is 0. The van der Waals surface area contributed by atoms with Crippen LogP contribution in [0.15, 0.2) is 0 Å². The minimum Gasteiger partial charge on any atom is -0.395 e. The minimum atomic E-state index is -0.0125. The maximum absolute atomic E-state index is 11.7. The molecule has 4 nitrogen and oxygen atoms in total. The van der Waals surface area contributed by atoms with Gasteiger partial charge in [0.05, 0.1) is 6.61 Å². The molecule has 0 saturated heterocycles. The van der Waals surface area contributed by atoms with Gasteiger partial charge in [-0.25, -0.2) is 0 Å². The predicted octanol–water partition coefficient (Wildman–Crippen LogP) is 0.0728. The Labute approximate surface area is 86.3 Å². The molecule has 2 N–H and O–H groups in total. The van der Waals surface area contributed by atoms with Gasteiger partial charge in [-0.1, -0.05) is 13.8 Å². The summed E-state index contributed by atoms with van der Waals surface area (Å²) in [7, 11) is 0. The summed E-state index contributed by atoms with van der Waals surface area (Å²) in [5, 5.41) is 11.9. The van der Waals surface area contributed by atoms with Crippen molar-refractivity contribution in [3.63, 3.8) is 0 Å². The number of rotatable bonds is 7. The van der Waals surface area contributed by atoms with Crippen LogP contribution in [-0.2, 0) is 4.79 Å². The molecule has 0 radical (unpaired) electrons. The Hall–Kier alpha value is -0.610. The molecule has 0 aromatic carbocycles. The Morgan fingerprint density at radius 2 is 2.14 bits per heavy atom. The number of nitrogens with one attached hydrogen (secondary N) is 1. The Morgan fingerprint density at radius 3 is 2.57 bits per heavy atom. The average molecular weight is 202 g/mol. The molecule has 84 valence electrons. The first-order chi connectivity index (χ1) is 6.67. The Bertz CT molecular complexity index is 162. The van der Waals surface area contributed by atoms with E-state index in [9.17, 15) is 4.79 Å². The highest BCUT2D eigenvalue weighted by Crippen LogP contribution is 2.00. The summed E-state index contributed by atoms with van der Waals surface area (Å²) in [5.41, 5.74) is 0. The first-order valence-corrected chi connectivity index (χ1v) is 5.27. The smallest absolute Gasteiger partial charge is 0.226 e. The van der Waals surface area contributed by atoms with Gasteiger partial charge in [0, 0.05) is 25.6 Å². The molecule has 1 atom stereocenters. The van der Waals surface area contributed by atoms with Crippen LogP contribution >= 0.6 is 0 Å². The number of carbonyl (C=O) groups is 1. The molecule has 0 aliphatic carbocycles. The van der Waals surface area contributed by atoms with E-state index in [1.54, 1.807) is 4.90 Å². The number of aliphatic hydroxyl groups excluding tert-OH is 1. The summed E-state index contributed by atoms with van der Waals surface area (Å²) in [6.07, 6.45) is 0. The second-order valence-corrected chi connectivity index (χ2v) is 3.35. The third kappa shape index (κ3) is 4.58. The molecule has 0 spiro atoms. The number of amides is 1. The van der Waals surface area contributed by atoms with Crippen LogP contribution in [-0.4, -0.2) is 48.7 Å². The van der Waals surface area contributed by atoms with Crippen molar-refractivity contribution in [1.29, 1.82) is 0 Å². The second-order valence-electron chi connectivity index (χ2n) is 3.35. The number of carbonyl (C=O) groups excluding carboxylic acids is 1. The van der Waals surface area contributed by atoms with Crippen molar-refractivity contribution >= 4 is 5.91 Å². The van der Waals surface area contributed by atoms with E-state index >= 15 is 0 Å². The fourth-order valence-electron chi connectivity index (χ4n) is 1.30. The topological polar surface area (TPSA) is 52.6 Å². The van der Waals surface area contributed by atoms with E-state index in [0.717, 1.165) is 6.54 Å². The Morgan fingerprint density at radius 1 is 1.50 bits per heavy atom. The zero-order chi connectivity index (χ0) is 11.0. The van der Waals surface area contributed by atoms with Crippen LogP contribution in [0.4, 0.5) is 0 Å². The molecular formula is C10H22N2O2. The zero-order valence-electron chi connectivity index (χ0n) is 9.42. The van der Waals surface area contributed by atoms with Crippen molar-refractivity contribution < 1.29 is 9.90 Å². The molecule has 0 saturated carbocycles. The monoisotopic (exact) mass is 202 g/mol. The lowest BCUT2D eigenvalue weighted by Gasteiger charge is -2.23. The van der Waals surface area contributed by atoms with Gasteiger partial charge in [0.1, 0.15) is 0 Å². The van der Waals surface area contributed by atoms with Gasteiger partial charge in [-0.05, 0) is 13.5 Å². The van der Waals surface area contributed by atoms with Crippen LogP contribution < -0.4 is 5.32 Å². The van der Waals surface area contributed by atoms with Gasteiger partial charge >= 0.3 is 0 Å². The number of hydrogen-bond acceptors (Lipinski definition) is 3. The molecule has 14 heavy (non-hydrogen) atoms. The van der Waals surface area contributed by atoms with E-state index < -0.39 is 0 Å². The third-order valence-corrected chi connectivity index (χ3v) is 2.19. The SMILES string of the molecule is CCNCC(C)C(=O)N(CC)CCO. The number of nitrogens with zero attached hydrogens (tertiary/aromatic N) is 1. The summed E-state index contributed by atoms with van der Waals surface area (Å²) in [4.78, 5) is 13.4. The van der Waals surface area contributed by atoms with E-state index in [1.807, 2.05) is 20.8 Å². The molecule has 0 aromatic rings. The van der Waals surface area contributed by atoms with Crippen molar-refractivity contribution in [2.24, 2.45) is 5.92 Å². The summed E-state index contributed by atoms with van der Waals surface area (Å²) >= 11 is 0. The van der Waals surface area contributed by atoms with E-state index in [2.05, 4.69) is 5.32 Å². The summed E-state index contributed by atoms with van der Waals surface area (Å²) < 4.78 is 0. The van der Waals surface area contributed by atoms with Gasteiger partial charge in [-0.3, -0.25) is 4.79 Å². The van der Waals surface area contributed by atoms with Crippen molar-refractivity contribution in [1.82, 2.24) is 10.2 Å². The van der Waals surface area contributed by atoms with Crippen molar-refractivity contribution in [2.75, 3.05) is 32.8 Å². The van der Waals surface area contributed by atoms with Crippen LogP contribution in [0.1, 0.15) is 20.8 Å². The first-order valence-electron chi connectivity index (χ1n) is 5.27. The van der Waals surface area contributed by atoms with E-state index in [4.69, 9.17) is 5.11 Å². The lowest BCUT2D eigenvalue weighted by atomic mass is 10.1. The van der Waals surface area contributed by atoms with E-state index in [1.165, 1.54) is 0 Å². The lowest BCUT2D eigenvalue weighted by Crippen LogP contribution is -2.40. The Kier molecular flexibility index (Phi) is 7.42. The molecule has 1 amide bonds. The molecule has 1 unspecified atom stereocenters. The number of likely N-dealkylation sites (N-methyl/N-ethyl adjacent to an activating group) is 1. The quantitative estimate of drug-likeness (QED) is 0.614. The number of aliphatic hydroxyl groups is 1. The minimum absolute atomic E-state index is 0.0125. The van der Waals surface area contributed by atoms with Gasteiger partial charge in [0.25, 0.3) is 0 Å². The highest BCUT2D eigenvalue weighted by Gasteiger charge is 2.17. The van der Waals surface area contributed by atoms with Gasteiger partial charge < -0.3 is 15.3 Å². The van der Waals surface area contributed by atoms with E-state index in [0.29, 0.717) is 19.6 Å². The molecule has 0 aliphatic heterocycles. The van der Waals surface area contributed by atoms with E-state index in [-0.39, 0.29) is 18.4 Å². The lowest BCUT2D eigenvalue weighted by molar-refractivity contribution is -0.135. The predicted molar refractivity (Wildman–Crippen MR) is 57.0 cm³/mol. The van der Waals surface area contributed by atoms with Gasteiger partial charge in [0.15, 0.2) is 0 Å². The summed E-state index contributed by atoms with van der Waals surface area (Å²) in [6.45, 7) is 8.57. The van der Waals surface area contributed by atoms with Gasteiger partial charge in [-0.15, -0.1) is 0 Å². The maximum atomic E-state index is 11.7. The molecule has 0 aliphatic rings. The second kappa shape index (κ2) is 7.76. The molecule has 0 rings (SSSR count). The standard InChI is InChI=1S/C10H22N2O2/c1-4-11-8-9(3)10(14)12(5-2)6-7-13/h9,11,13H,4-8H2,1-3H3. The van der Waals surface area contributed by atoms with Crippen molar-refractivity contribution in [3.8, 4) is 0 Å². The zero-order valence-corrected chi connectivity index (χ0v) is 9.42. The number of hydrogen-bond donors (Lipinski definition) is 2. The molecule has 0 fully saturated rings. The van der Waals surface area contributed by atoms with Crippen LogP contribution in [0, 0.1) is 5.92 Å². The third-order valence-electron chi connectivity index (χ3n) is 2.19. The largest absolute Gasteiger partial charge is 0.395 e. The maximum Gasteiger partial charge on any atom is 0.226 e. The first kappa shape index (κ1) is 13.4. The van der Waals surface area contributed by atoms with Gasteiger partial charge in [0.2, 0.25) is 5.91 Å². The molecule has 0 bridgehead atoms. The van der Waals surface area contributed by atoms with Crippen molar-refractivity contribution in [3.05, 3.63) is 0 Å². The molecular weight excluding hydrogens is 180 g/mol. The van der Waals surface area contributed by atoms with Crippen LogP contribution in [0.25, 0.3) is 0 Å². The Balaban J connectivity index is 3.99. The van der Waals surface area contributed by atoms with Crippen LogP contribution in [0.2, 0.25) is 0 Å². The average Bonchev–Trinajstić information content (AvgIpc) is 2.21. The normalized spacial score (nSPS) is 12.6. The molecule has 4 heteroatoms. The van der Waals surface area contributed by atoms with Gasteiger partial charge in [-0.2, -0.15) is 0 Å². The fraction of sp³-hybridized carbons (Fsp3) is 0.900. The molecule has 0 heterocycles. The summed E-state index contributed by atoms with van der Waals surface area (Å²) in [5.74, 6) is 0.101. The highest BCUT2D eigenvalue weighted by molar-refractivity contribution is 5.78. The van der Waals surface area contributed by atoms with Crippen LogP contribution in [0.3, 0.4) is 0 Å². The molecule has 0 aromatic heterocycles. The van der Waals surface area contributed by atoms with Crippen molar-refractivity contribution in [2.45, 2.75) is 20.8 Å². The highest BCUT2D eigenvalue weighted by atomic mass is 16.3. The van der Waals surface area contributed by atoms with Crippen LogP contribution in [0.5, 0.6) is 0 Å².